The summed E-state index contributed by atoms with van der Waals surface area (Å²) in [7, 11) is 0. The Morgan fingerprint density at radius 1 is 1.26 bits per heavy atom. The van der Waals surface area contributed by atoms with E-state index in [4.69, 9.17) is 6.42 Å². The molecule has 4 amide bonds. The quantitative estimate of drug-likeness (QED) is 0.534. The minimum absolute atomic E-state index is 0.107. The molecule has 7 nitrogen and oxygen atoms in total. The molecule has 0 spiro atoms. The van der Waals surface area contributed by atoms with Gasteiger partial charge in [-0.05, 0) is 19.3 Å². The predicted octanol–water partition coefficient (Wildman–Crippen LogP) is -0.643. The number of allylic oxidation sites excluding steroid dienone is 1. The molecule has 7 heteroatoms. The second-order valence-corrected chi connectivity index (χ2v) is 5.51. The Morgan fingerprint density at radius 3 is 2.74 bits per heavy atom. The molecular formula is C16H15N3O4. The van der Waals surface area contributed by atoms with E-state index in [-0.39, 0.29) is 25.3 Å². The lowest BCUT2D eigenvalue weighted by Crippen LogP contribution is -2.54. The number of terminal acetylenes is 1. The average Bonchev–Trinajstić information content (AvgIpc) is 2.78. The first-order chi connectivity index (χ1) is 11.0. The number of rotatable bonds is 3. The normalized spacial score (nSPS) is 24.2. The zero-order valence-electron chi connectivity index (χ0n) is 12.3. The van der Waals surface area contributed by atoms with Crippen LogP contribution in [0.15, 0.2) is 22.9 Å². The lowest BCUT2D eigenvalue weighted by atomic mass is 9.96. The summed E-state index contributed by atoms with van der Waals surface area (Å²) in [5.41, 5.74) is 1.24. The Morgan fingerprint density at radius 2 is 2.04 bits per heavy atom. The highest BCUT2D eigenvalue weighted by Crippen LogP contribution is 2.34. The molecule has 1 unspecified atom stereocenters. The van der Waals surface area contributed by atoms with Gasteiger partial charge >= 0.3 is 0 Å². The number of hydrogen-bond donors (Lipinski definition) is 2. The number of piperidine rings is 1. The van der Waals surface area contributed by atoms with Crippen molar-refractivity contribution in [3.63, 3.8) is 0 Å². The minimum Gasteiger partial charge on any atom is -0.374 e. The van der Waals surface area contributed by atoms with Crippen LogP contribution >= 0.6 is 0 Å². The van der Waals surface area contributed by atoms with Crippen LogP contribution in [0.3, 0.4) is 0 Å². The largest absolute Gasteiger partial charge is 0.374 e. The highest BCUT2D eigenvalue weighted by Gasteiger charge is 2.47. The molecule has 2 N–H and O–H groups in total. The van der Waals surface area contributed by atoms with Crippen molar-refractivity contribution < 1.29 is 19.2 Å². The number of carbonyl (C=O) groups is 4. The molecule has 118 valence electrons. The third kappa shape index (κ3) is 2.42. The fourth-order valence-corrected chi connectivity index (χ4v) is 3.09. The predicted molar refractivity (Wildman–Crippen MR) is 79.2 cm³/mol. The molecular weight excluding hydrogens is 298 g/mol. The van der Waals surface area contributed by atoms with Gasteiger partial charge in [-0.25, -0.2) is 0 Å². The van der Waals surface area contributed by atoms with Gasteiger partial charge < -0.3 is 5.32 Å². The summed E-state index contributed by atoms with van der Waals surface area (Å²) in [5.74, 6) is 0.469. The van der Waals surface area contributed by atoms with Gasteiger partial charge in [0.05, 0.1) is 12.1 Å². The van der Waals surface area contributed by atoms with Crippen LogP contribution in [-0.4, -0.2) is 41.1 Å². The Labute approximate surface area is 132 Å². The van der Waals surface area contributed by atoms with Gasteiger partial charge in [-0.1, -0.05) is 12.0 Å². The molecule has 3 aliphatic rings. The summed E-state index contributed by atoms with van der Waals surface area (Å²) >= 11 is 0. The molecule has 2 heterocycles. The summed E-state index contributed by atoms with van der Waals surface area (Å²) in [4.78, 5) is 49.5. The molecule has 3 rings (SSSR count). The highest BCUT2D eigenvalue weighted by atomic mass is 16.2. The third-order valence-electron chi connectivity index (χ3n) is 4.13. The summed E-state index contributed by atoms with van der Waals surface area (Å²) in [6.45, 7) is 0.239. The van der Waals surface area contributed by atoms with Crippen LogP contribution in [0.25, 0.3) is 0 Å². The Hall–Kier alpha value is -2.88. The lowest BCUT2D eigenvalue weighted by molar-refractivity contribution is -0.150. The van der Waals surface area contributed by atoms with E-state index in [1.807, 2.05) is 6.08 Å². The lowest BCUT2D eigenvalue weighted by Gasteiger charge is -2.28. The number of amides is 4. The summed E-state index contributed by atoms with van der Waals surface area (Å²) in [6.07, 6.45) is 8.37. The van der Waals surface area contributed by atoms with Crippen molar-refractivity contribution in [2.45, 2.75) is 31.7 Å². The maximum atomic E-state index is 12.7. The van der Waals surface area contributed by atoms with Crippen LogP contribution in [0.5, 0.6) is 0 Å². The van der Waals surface area contributed by atoms with Crippen LogP contribution in [0.2, 0.25) is 0 Å². The molecule has 1 aliphatic carbocycles. The summed E-state index contributed by atoms with van der Waals surface area (Å²) in [5, 5.41) is 5.12. The van der Waals surface area contributed by atoms with Gasteiger partial charge in [0.1, 0.15) is 6.04 Å². The SMILES string of the molecule is C#CCNC1=CCCC2=C1C(=O)N(C1CCC(=O)NC1=O)C2=O. The number of imide groups is 2. The van der Waals surface area contributed by atoms with E-state index >= 15 is 0 Å². The van der Waals surface area contributed by atoms with Crippen LogP contribution in [0, 0.1) is 12.3 Å². The van der Waals surface area contributed by atoms with Crippen LogP contribution in [-0.2, 0) is 19.2 Å². The van der Waals surface area contributed by atoms with Gasteiger partial charge in [-0.2, -0.15) is 0 Å². The van der Waals surface area contributed by atoms with Crippen LogP contribution in [0.4, 0.5) is 0 Å². The second kappa shape index (κ2) is 5.72. The van der Waals surface area contributed by atoms with Gasteiger partial charge in [0.2, 0.25) is 11.8 Å². The minimum atomic E-state index is -0.938. The molecule has 0 radical (unpaired) electrons. The Balaban J connectivity index is 1.88. The molecule has 1 fully saturated rings. The molecule has 1 saturated heterocycles. The Bertz CT molecular complexity index is 726. The van der Waals surface area contributed by atoms with Gasteiger partial charge in [0, 0.05) is 17.7 Å². The zero-order valence-corrected chi connectivity index (χ0v) is 12.3. The standard InChI is InChI=1S/C16H15N3O4/c1-2-8-17-10-5-3-4-9-13(10)16(23)19(15(9)22)11-6-7-12(20)18-14(11)21/h1,5,11,17H,3-4,6-8H2,(H,18,20,21). The first-order valence-corrected chi connectivity index (χ1v) is 7.37. The number of carbonyl (C=O) groups excluding carboxylic acids is 4. The summed E-state index contributed by atoms with van der Waals surface area (Å²) in [6, 6.07) is -0.938. The van der Waals surface area contributed by atoms with Gasteiger partial charge in [-0.3, -0.25) is 29.4 Å². The smallest absolute Gasteiger partial charge is 0.264 e. The first kappa shape index (κ1) is 15.0. The van der Waals surface area contributed by atoms with Crippen LogP contribution < -0.4 is 10.6 Å². The van der Waals surface area contributed by atoms with E-state index in [0.717, 1.165) is 4.90 Å². The van der Waals surface area contributed by atoms with Gasteiger partial charge in [-0.15, -0.1) is 6.42 Å². The second-order valence-electron chi connectivity index (χ2n) is 5.51. The van der Waals surface area contributed by atoms with Crippen molar-refractivity contribution in [3.8, 4) is 12.3 Å². The maximum absolute atomic E-state index is 12.7. The van der Waals surface area contributed by atoms with Crippen molar-refractivity contribution in [2.75, 3.05) is 6.54 Å². The molecule has 0 saturated carbocycles. The molecule has 0 aromatic heterocycles. The van der Waals surface area contributed by atoms with E-state index < -0.39 is 23.8 Å². The summed E-state index contributed by atoms with van der Waals surface area (Å²) < 4.78 is 0. The van der Waals surface area contributed by atoms with Crippen LogP contribution in [0.1, 0.15) is 25.7 Å². The average molecular weight is 313 g/mol. The van der Waals surface area contributed by atoms with E-state index in [9.17, 15) is 19.2 Å². The molecule has 0 bridgehead atoms. The van der Waals surface area contributed by atoms with Crippen molar-refractivity contribution in [1.29, 1.82) is 0 Å². The molecule has 23 heavy (non-hydrogen) atoms. The maximum Gasteiger partial charge on any atom is 0.264 e. The molecule has 0 aromatic carbocycles. The van der Waals surface area contributed by atoms with E-state index in [0.29, 0.717) is 29.7 Å². The van der Waals surface area contributed by atoms with E-state index in [1.165, 1.54) is 0 Å². The van der Waals surface area contributed by atoms with Crippen molar-refractivity contribution in [2.24, 2.45) is 0 Å². The van der Waals surface area contributed by atoms with Crippen molar-refractivity contribution >= 4 is 23.6 Å². The Kier molecular flexibility index (Phi) is 3.74. The molecule has 2 aliphatic heterocycles. The fourth-order valence-electron chi connectivity index (χ4n) is 3.09. The van der Waals surface area contributed by atoms with Gasteiger partial charge in [0.25, 0.3) is 11.8 Å². The van der Waals surface area contributed by atoms with Crippen molar-refractivity contribution in [3.05, 3.63) is 22.9 Å². The third-order valence-corrected chi connectivity index (χ3v) is 4.13. The number of hydrogen-bond acceptors (Lipinski definition) is 5. The van der Waals surface area contributed by atoms with E-state index in [1.54, 1.807) is 0 Å². The first-order valence-electron chi connectivity index (χ1n) is 7.37. The van der Waals surface area contributed by atoms with E-state index in [2.05, 4.69) is 16.6 Å². The highest BCUT2D eigenvalue weighted by molar-refractivity contribution is 6.23. The van der Waals surface area contributed by atoms with Crippen molar-refractivity contribution in [1.82, 2.24) is 15.5 Å². The molecule has 1 atom stereocenters. The molecule has 0 aromatic rings. The topological polar surface area (TPSA) is 95.6 Å². The monoisotopic (exact) mass is 313 g/mol. The van der Waals surface area contributed by atoms with Gasteiger partial charge in [0.15, 0.2) is 0 Å². The number of nitrogens with zero attached hydrogens (tertiary/aromatic N) is 1. The number of nitrogens with one attached hydrogen (secondary N) is 2. The zero-order chi connectivity index (χ0) is 16.6. The fraction of sp³-hybridized carbons (Fsp3) is 0.375.